The summed E-state index contributed by atoms with van der Waals surface area (Å²) in [5.74, 6) is -0.577. The van der Waals surface area contributed by atoms with Gasteiger partial charge >= 0.3 is 15.6 Å². The van der Waals surface area contributed by atoms with Crippen LogP contribution in [0.25, 0.3) is 0 Å². The first-order chi connectivity index (χ1) is 7.28. The lowest BCUT2D eigenvalue weighted by Crippen LogP contribution is -2.28. The molecule has 0 aliphatic rings. The van der Waals surface area contributed by atoms with E-state index in [1.807, 2.05) is 0 Å². The summed E-state index contributed by atoms with van der Waals surface area (Å²) >= 11 is 1.03. The topological polar surface area (TPSA) is 56.3 Å². The van der Waals surface area contributed by atoms with E-state index in [1.54, 1.807) is 6.26 Å². The zero-order chi connectivity index (χ0) is 12.4. The number of thioether (sulfide) groups is 1. The van der Waals surface area contributed by atoms with Crippen molar-refractivity contribution in [1.82, 2.24) is 4.98 Å². The maximum absolute atomic E-state index is 12.0. The lowest BCUT2D eigenvalue weighted by Gasteiger charge is -2.10. The Hall–Kier alpha value is -0.960. The maximum atomic E-state index is 12.0. The summed E-state index contributed by atoms with van der Waals surface area (Å²) in [7, 11) is -5.66. The molecule has 0 atom stereocenters. The minimum atomic E-state index is -5.66. The lowest BCUT2D eigenvalue weighted by molar-refractivity contribution is -0.0502. The molecule has 16 heavy (non-hydrogen) atoms. The van der Waals surface area contributed by atoms with Crippen LogP contribution in [0.4, 0.5) is 13.2 Å². The van der Waals surface area contributed by atoms with Crippen molar-refractivity contribution in [3.63, 3.8) is 0 Å². The van der Waals surface area contributed by atoms with Crippen molar-refractivity contribution in [2.75, 3.05) is 6.26 Å². The lowest BCUT2D eigenvalue weighted by atomic mass is 10.5. The molecular formula is C7H6F3NO3S2. The summed E-state index contributed by atoms with van der Waals surface area (Å²) in [5.41, 5.74) is -5.46. The largest absolute Gasteiger partial charge is 0.534 e. The molecule has 0 unspecified atom stereocenters. The van der Waals surface area contributed by atoms with Gasteiger partial charge in [0, 0.05) is 6.20 Å². The predicted molar refractivity (Wildman–Crippen MR) is 51.6 cm³/mol. The Morgan fingerprint density at radius 2 is 2.06 bits per heavy atom. The molecule has 0 amide bonds. The van der Waals surface area contributed by atoms with Gasteiger partial charge in [-0.3, -0.25) is 0 Å². The Morgan fingerprint density at radius 3 is 2.56 bits per heavy atom. The van der Waals surface area contributed by atoms with Crippen molar-refractivity contribution < 1.29 is 25.8 Å². The van der Waals surface area contributed by atoms with E-state index in [2.05, 4.69) is 9.17 Å². The van der Waals surface area contributed by atoms with Crippen LogP contribution in [0.1, 0.15) is 0 Å². The van der Waals surface area contributed by atoms with Crippen LogP contribution in [-0.4, -0.2) is 25.2 Å². The smallest absolute Gasteiger partial charge is 0.354 e. The molecule has 0 fully saturated rings. The van der Waals surface area contributed by atoms with Crippen molar-refractivity contribution in [3.8, 4) is 5.88 Å². The summed E-state index contributed by atoms with van der Waals surface area (Å²) in [5, 5.41) is 0. The van der Waals surface area contributed by atoms with Gasteiger partial charge in [-0.1, -0.05) is 0 Å². The van der Waals surface area contributed by atoms with Crippen molar-refractivity contribution in [2.24, 2.45) is 0 Å². The molecule has 0 aliphatic carbocycles. The van der Waals surface area contributed by atoms with Gasteiger partial charge in [0.15, 0.2) is 0 Å². The normalized spacial score (nSPS) is 12.5. The van der Waals surface area contributed by atoms with E-state index in [0.29, 0.717) is 0 Å². The Balaban J connectivity index is 3.06. The summed E-state index contributed by atoms with van der Waals surface area (Å²) in [6, 6.07) is 2.86. The first-order valence-electron chi connectivity index (χ1n) is 3.77. The number of pyridine rings is 1. The Labute approximate surface area is 93.9 Å². The van der Waals surface area contributed by atoms with Gasteiger partial charge in [-0.25, -0.2) is 4.98 Å². The highest BCUT2D eigenvalue weighted by Gasteiger charge is 2.49. The molecule has 0 saturated carbocycles. The van der Waals surface area contributed by atoms with Gasteiger partial charge < -0.3 is 4.18 Å². The van der Waals surface area contributed by atoms with E-state index in [-0.39, 0.29) is 4.90 Å². The van der Waals surface area contributed by atoms with Gasteiger partial charge in [-0.15, -0.1) is 11.8 Å². The molecule has 0 radical (unpaired) electrons. The van der Waals surface area contributed by atoms with Crippen LogP contribution in [0.2, 0.25) is 0 Å². The molecular weight excluding hydrogens is 267 g/mol. The fourth-order valence-corrected chi connectivity index (χ4v) is 1.72. The summed E-state index contributed by atoms with van der Waals surface area (Å²) in [6.07, 6.45) is 2.70. The molecule has 0 aliphatic heterocycles. The predicted octanol–water partition coefficient (Wildman–Crippen LogP) is 2.03. The molecule has 9 heteroatoms. The molecule has 1 heterocycles. The molecule has 0 bridgehead atoms. The van der Waals surface area contributed by atoms with Crippen molar-refractivity contribution >= 4 is 21.9 Å². The molecule has 1 aromatic heterocycles. The number of hydrogen-bond donors (Lipinski definition) is 0. The summed E-state index contributed by atoms with van der Waals surface area (Å²) in [4.78, 5) is 3.63. The van der Waals surface area contributed by atoms with E-state index >= 15 is 0 Å². The zero-order valence-electron chi connectivity index (χ0n) is 7.85. The van der Waals surface area contributed by atoms with Gasteiger partial charge in [0.1, 0.15) is 0 Å². The van der Waals surface area contributed by atoms with Gasteiger partial charge in [0.25, 0.3) is 0 Å². The average molecular weight is 273 g/mol. The monoisotopic (exact) mass is 273 g/mol. The zero-order valence-corrected chi connectivity index (χ0v) is 9.49. The van der Waals surface area contributed by atoms with Crippen molar-refractivity contribution in [2.45, 2.75) is 10.4 Å². The summed E-state index contributed by atoms with van der Waals surface area (Å²) in [6.45, 7) is 0. The van der Waals surface area contributed by atoms with Gasteiger partial charge in [0.2, 0.25) is 5.88 Å². The second-order valence-electron chi connectivity index (χ2n) is 2.49. The SMILES string of the molecule is CSc1cccnc1OS(=O)(=O)C(F)(F)F. The number of rotatable bonds is 3. The van der Waals surface area contributed by atoms with Gasteiger partial charge in [-0.2, -0.15) is 21.6 Å². The third-order valence-electron chi connectivity index (χ3n) is 1.43. The van der Waals surface area contributed by atoms with Crippen LogP contribution < -0.4 is 4.18 Å². The third-order valence-corrected chi connectivity index (χ3v) is 3.12. The van der Waals surface area contributed by atoms with Crippen LogP contribution in [0.15, 0.2) is 23.2 Å². The van der Waals surface area contributed by atoms with Crippen LogP contribution in [-0.2, 0) is 10.1 Å². The highest BCUT2D eigenvalue weighted by molar-refractivity contribution is 7.98. The van der Waals surface area contributed by atoms with Gasteiger partial charge in [0.05, 0.1) is 4.90 Å². The molecule has 0 saturated heterocycles. The molecule has 0 N–H and O–H groups in total. The highest BCUT2D eigenvalue weighted by Crippen LogP contribution is 2.30. The van der Waals surface area contributed by atoms with E-state index in [1.165, 1.54) is 12.1 Å². The quantitative estimate of drug-likeness (QED) is 0.479. The molecule has 1 rings (SSSR count). The number of halogens is 3. The van der Waals surface area contributed by atoms with Gasteiger partial charge in [-0.05, 0) is 18.4 Å². The van der Waals surface area contributed by atoms with Crippen molar-refractivity contribution in [3.05, 3.63) is 18.3 Å². The van der Waals surface area contributed by atoms with E-state index in [4.69, 9.17) is 0 Å². The third kappa shape index (κ3) is 2.79. The molecule has 0 aromatic carbocycles. The van der Waals surface area contributed by atoms with E-state index < -0.39 is 21.5 Å². The molecule has 90 valence electrons. The Bertz CT molecular complexity index is 472. The molecule has 0 spiro atoms. The Morgan fingerprint density at radius 1 is 1.44 bits per heavy atom. The van der Waals surface area contributed by atoms with Crippen LogP contribution in [0, 0.1) is 0 Å². The number of aromatic nitrogens is 1. The Kier molecular flexibility index (Phi) is 3.68. The molecule has 4 nitrogen and oxygen atoms in total. The standard InChI is InChI=1S/C7H6F3NO3S2/c1-15-5-3-2-4-11-6(5)14-16(12,13)7(8,9)10/h2-4H,1H3. The highest BCUT2D eigenvalue weighted by atomic mass is 32.2. The van der Waals surface area contributed by atoms with Crippen molar-refractivity contribution in [1.29, 1.82) is 0 Å². The first-order valence-corrected chi connectivity index (χ1v) is 6.41. The van der Waals surface area contributed by atoms with E-state index in [0.717, 1.165) is 18.0 Å². The van der Waals surface area contributed by atoms with E-state index in [9.17, 15) is 21.6 Å². The fourth-order valence-electron chi connectivity index (χ4n) is 0.745. The van der Waals surface area contributed by atoms with Crippen LogP contribution in [0.3, 0.4) is 0 Å². The maximum Gasteiger partial charge on any atom is 0.534 e. The second kappa shape index (κ2) is 4.50. The number of nitrogens with zero attached hydrogens (tertiary/aromatic N) is 1. The fraction of sp³-hybridized carbons (Fsp3) is 0.286. The van der Waals surface area contributed by atoms with Crippen LogP contribution in [0.5, 0.6) is 5.88 Å². The van der Waals surface area contributed by atoms with Crippen LogP contribution >= 0.6 is 11.8 Å². The number of alkyl halides is 3. The number of hydrogen-bond acceptors (Lipinski definition) is 5. The second-order valence-corrected chi connectivity index (χ2v) is 4.88. The first kappa shape index (κ1) is 13.1. The minimum absolute atomic E-state index is 0.204. The summed E-state index contributed by atoms with van der Waals surface area (Å²) < 4.78 is 61.3. The molecule has 1 aromatic rings. The average Bonchev–Trinajstić information content (AvgIpc) is 2.16. The minimum Gasteiger partial charge on any atom is -0.354 e.